The summed E-state index contributed by atoms with van der Waals surface area (Å²) in [5.41, 5.74) is 0.307. The lowest BCUT2D eigenvalue weighted by Gasteiger charge is -2.15. The summed E-state index contributed by atoms with van der Waals surface area (Å²) in [5.74, 6) is -0.258. The van der Waals surface area contributed by atoms with Gasteiger partial charge in [-0.3, -0.25) is 9.78 Å². The van der Waals surface area contributed by atoms with E-state index in [9.17, 15) is 4.79 Å². The number of carbonyl (C=O) groups excluding carboxylic acids is 1. The van der Waals surface area contributed by atoms with Crippen molar-refractivity contribution < 1.29 is 9.53 Å². The molecule has 0 spiro atoms. The first-order valence-electron chi connectivity index (χ1n) is 5.61. The number of hydrogen-bond acceptors (Lipinski definition) is 4. The first-order valence-corrected chi connectivity index (χ1v) is 9.32. The molecule has 0 saturated carbocycles. The molecule has 0 bridgehead atoms. The average Bonchev–Trinajstić information content (AvgIpc) is 2.28. The highest BCUT2D eigenvalue weighted by Gasteiger charge is 2.12. The Balaban J connectivity index is 2.18. The lowest BCUT2D eigenvalue weighted by Crippen LogP contribution is -2.28. The van der Waals surface area contributed by atoms with Gasteiger partial charge in [0.15, 0.2) is 0 Å². The Morgan fingerprint density at radius 2 is 2.18 bits per heavy atom. The van der Waals surface area contributed by atoms with Gasteiger partial charge in [0.1, 0.15) is 12.4 Å². The lowest BCUT2D eigenvalue weighted by atomic mass is 10.4. The van der Waals surface area contributed by atoms with Crippen molar-refractivity contribution in [2.45, 2.75) is 25.7 Å². The molecule has 1 rings (SSSR count). The number of rotatable bonds is 6. The number of nitrogens with one attached hydrogen (secondary N) is 1. The van der Waals surface area contributed by atoms with Crippen LogP contribution in [0.3, 0.4) is 0 Å². The zero-order valence-electron chi connectivity index (χ0n) is 10.6. The summed E-state index contributed by atoms with van der Waals surface area (Å²) in [7, 11) is -1.06. The molecule has 0 aliphatic heterocycles. The summed E-state index contributed by atoms with van der Waals surface area (Å²) in [6.45, 7) is 7.77. The third-order valence-electron chi connectivity index (χ3n) is 2.13. The standard InChI is InChI=1S/C11H19N3O2Si/c1-17(2,3)7-6-16-9-14-11(15)10-8-12-4-5-13-10/h4-5,8H,6-7,9H2,1-3H3,(H,14,15). The Morgan fingerprint density at radius 3 is 2.76 bits per heavy atom. The molecule has 0 aliphatic rings. The second kappa shape index (κ2) is 6.46. The quantitative estimate of drug-likeness (QED) is 0.474. The summed E-state index contributed by atoms with van der Waals surface area (Å²) < 4.78 is 5.36. The molecule has 0 atom stereocenters. The van der Waals surface area contributed by atoms with Gasteiger partial charge in [-0.15, -0.1) is 0 Å². The van der Waals surface area contributed by atoms with Gasteiger partial charge in [-0.05, 0) is 6.04 Å². The molecule has 94 valence electrons. The van der Waals surface area contributed by atoms with Crippen molar-refractivity contribution in [2.75, 3.05) is 13.3 Å². The first kappa shape index (κ1) is 13.8. The summed E-state index contributed by atoms with van der Waals surface area (Å²) in [4.78, 5) is 19.2. The zero-order valence-corrected chi connectivity index (χ0v) is 11.6. The van der Waals surface area contributed by atoms with E-state index in [0.29, 0.717) is 12.3 Å². The van der Waals surface area contributed by atoms with Gasteiger partial charge in [-0.1, -0.05) is 19.6 Å². The normalized spacial score (nSPS) is 11.2. The van der Waals surface area contributed by atoms with Crippen molar-refractivity contribution in [3.63, 3.8) is 0 Å². The molecule has 0 aliphatic carbocycles. The first-order chi connectivity index (χ1) is 7.99. The summed E-state index contributed by atoms with van der Waals surface area (Å²) in [6.07, 6.45) is 4.44. The predicted octanol–water partition coefficient (Wildman–Crippen LogP) is 1.52. The van der Waals surface area contributed by atoms with Crippen LogP contribution in [0.5, 0.6) is 0 Å². The van der Waals surface area contributed by atoms with Crippen LogP contribution < -0.4 is 5.32 Å². The van der Waals surface area contributed by atoms with E-state index in [0.717, 1.165) is 6.04 Å². The van der Waals surface area contributed by atoms with E-state index in [1.165, 1.54) is 18.6 Å². The molecular formula is C11H19N3O2Si. The van der Waals surface area contributed by atoms with Gasteiger partial charge in [0.05, 0.1) is 6.20 Å². The molecule has 0 fully saturated rings. The highest BCUT2D eigenvalue weighted by molar-refractivity contribution is 6.76. The molecule has 17 heavy (non-hydrogen) atoms. The third-order valence-corrected chi connectivity index (χ3v) is 3.83. The smallest absolute Gasteiger partial charge is 0.273 e. The van der Waals surface area contributed by atoms with E-state index < -0.39 is 8.07 Å². The molecule has 6 heteroatoms. The Hall–Kier alpha value is -1.27. The van der Waals surface area contributed by atoms with Crippen LogP contribution in [0.15, 0.2) is 18.6 Å². The van der Waals surface area contributed by atoms with E-state index in [4.69, 9.17) is 4.74 Å². The predicted molar refractivity (Wildman–Crippen MR) is 68.5 cm³/mol. The monoisotopic (exact) mass is 253 g/mol. The van der Waals surface area contributed by atoms with Crippen molar-refractivity contribution >= 4 is 14.0 Å². The molecule has 0 unspecified atom stereocenters. The highest BCUT2D eigenvalue weighted by atomic mass is 28.3. The van der Waals surface area contributed by atoms with E-state index >= 15 is 0 Å². The molecule has 1 amide bonds. The maximum atomic E-state index is 11.5. The molecule has 1 N–H and O–H groups in total. The molecule has 1 aromatic heterocycles. The van der Waals surface area contributed by atoms with Crippen LogP contribution in [0.2, 0.25) is 25.7 Å². The van der Waals surface area contributed by atoms with E-state index in [1.807, 2.05) is 0 Å². The Kier molecular flexibility index (Phi) is 5.24. The van der Waals surface area contributed by atoms with Crippen LogP contribution in [-0.4, -0.2) is 37.3 Å². The van der Waals surface area contributed by atoms with Crippen LogP contribution >= 0.6 is 0 Å². The van der Waals surface area contributed by atoms with Gasteiger partial charge in [0.2, 0.25) is 0 Å². The molecule has 5 nitrogen and oxygen atoms in total. The van der Waals surface area contributed by atoms with Crippen LogP contribution in [-0.2, 0) is 4.74 Å². The molecule has 0 saturated heterocycles. The van der Waals surface area contributed by atoms with Gasteiger partial charge in [0, 0.05) is 27.1 Å². The zero-order chi connectivity index (χ0) is 12.7. The van der Waals surface area contributed by atoms with Gasteiger partial charge in [-0.2, -0.15) is 0 Å². The third kappa shape index (κ3) is 6.13. The molecule has 1 aromatic rings. The van der Waals surface area contributed by atoms with Crippen LogP contribution in [0, 0.1) is 0 Å². The Bertz CT molecular complexity index is 351. The van der Waals surface area contributed by atoms with E-state index in [2.05, 4.69) is 34.9 Å². The fourth-order valence-corrected chi connectivity index (χ4v) is 1.83. The molecule has 1 heterocycles. The number of ether oxygens (including phenoxy) is 1. The second-order valence-electron chi connectivity index (χ2n) is 4.96. The van der Waals surface area contributed by atoms with Crippen molar-refractivity contribution in [2.24, 2.45) is 0 Å². The summed E-state index contributed by atoms with van der Waals surface area (Å²) in [5, 5.41) is 2.64. The Morgan fingerprint density at radius 1 is 1.41 bits per heavy atom. The van der Waals surface area contributed by atoms with Crippen LogP contribution in [0.1, 0.15) is 10.5 Å². The van der Waals surface area contributed by atoms with Crippen LogP contribution in [0.4, 0.5) is 0 Å². The number of amides is 1. The number of hydrogen-bond donors (Lipinski definition) is 1. The minimum Gasteiger partial charge on any atom is -0.362 e. The SMILES string of the molecule is C[Si](C)(C)CCOCNC(=O)c1cnccn1. The maximum absolute atomic E-state index is 11.5. The van der Waals surface area contributed by atoms with Crippen molar-refractivity contribution in [1.82, 2.24) is 15.3 Å². The number of aromatic nitrogens is 2. The minimum absolute atomic E-state index is 0.222. The summed E-state index contributed by atoms with van der Waals surface area (Å²) >= 11 is 0. The minimum atomic E-state index is -1.06. The van der Waals surface area contributed by atoms with Crippen molar-refractivity contribution in [3.8, 4) is 0 Å². The van der Waals surface area contributed by atoms with Crippen molar-refractivity contribution in [1.29, 1.82) is 0 Å². The average molecular weight is 253 g/mol. The van der Waals surface area contributed by atoms with Gasteiger partial charge in [-0.25, -0.2) is 4.98 Å². The fourth-order valence-electron chi connectivity index (χ4n) is 1.07. The van der Waals surface area contributed by atoms with E-state index in [1.54, 1.807) is 0 Å². The highest BCUT2D eigenvalue weighted by Crippen LogP contribution is 2.06. The van der Waals surface area contributed by atoms with E-state index in [-0.39, 0.29) is 12.6 Å². The molecule has 0 aromatic carbocycles. The second-order valence-corrected chi connectivity index (χ2v) is 10.6. The van der Waals surface area contributed by atoms with Gasteiger partial charge >= 0.3 is 0 Å². The molecule has 0 radical (unpaired) electrons. The number of carbonyl (C=O) groups is 1. The van der Waals surface area contributed by atoms with Gasteiger partial charge < -0.3 is 10.1 Å². The topological polar surface area (TPSA) is 64.1 Å². The van der Waals surface area contributed by atoms with Crippen molar-refractivity contribution in [3.05, 3.63) is 24.3 Å². The van der Waals surface area contributed by atoms with Crippen LogP contribution in [0.25, 0.3) is 0 Å². The molecular weight excluding hydrogens is 234 g/mol. The number of nitrogens with zero attached hydrogens (tertiary/aromatic N) is 2. The lowest BCUT2D eigenvalue weighted by molar-refractivity contribution is 0.0810. The van der Waals surface area contributed by atoms with Gasteiger partial charge in [0.25, 0.3) is 5.91 Å². The largest absolute Gasteiger partial charge is 0.362 e. The maximum Gasteiger partial charge on any atom is 0.273 e. The Labute approximate surface area is 103 Å². The fraction of sp³-hybridized carbons (Fsp3) is 0.545. The summed E-state index contributed by atoms with van der Waals surface area (Å²) in [6, 6.07) is 1.09.